The van der Waals surface area contributed by atoms with Crippen molar-refractivity contribution in [3.05, 3.63) is 46.1 Å². The molecule has 0 saturated carbocycles. The van der Waals surface area contributed by atoms with Crippen LogP contribution in [0, 0.1) is 5.82 Å². The molecule has 4 rings (SSSR count). The van der Waals surface area contributed by atoms with Crippen molar-refractivity contribution in [1.29, 1.82) is 0 Å². The van der Waals surface area contributed by atoms with Crippen molar-refractivity contribution in [3.63, 3.8) is 0 Å². The summed E-state index contributed by atoms with van der Waals surface area (Å²) in [4.78, 5) is 29.5. The molecule has 2 aromatic heterocycles. The van der Waals surface area contributed by atoms with Crippen LogP contribution in [-0.4, -0.2) is 60.1 Å². The van der Waals surface area contributed by atoms with Crippen molar-refractivity contribution in [2.45, 2.75) is 19.0 Å². The lowest BCUT2D eigenvalue weighted by Crippen LogP contribution is -2.35. The van der Waals surface area contributed by atoms with Gasteiger partial charge in [0.25, 0.3) is 11.6 Å². The third-order valence-electron chi connectivity index (χ3n) is 5.01. The Hall–Kier alpha value is -2.94. The van der Waals surface area contributed by atoms with E-state index in [1.54, 1.807) is 11.0 Å². The topological polar surface area (TPSA) is 81.5 Å². The number of likely N-dealkylation sites (N-methyl/N-ethyl adjacent to an activating group) is 1. The van der Waals surface area contributed by atoms with E-state index >= 15 is 0 Å². The summed E-state index contributed by atoms with van der Waals surface area (Å²) in [6.07, 6.45) is 0.938. The number of hydrogen-bond donors (Lipinski definition) is 1. The minimum absolute atomic E-state index is 0.158. The van der Waals surface area contributed by atoms with Crippen molar-refractivity contribution in [2.75, 3.05) is 44.0 Å². The fourth-order valence-electron chi connectivity index (χ4n) is 3.47. The van der Waals surface area contributed by atoms with Gasteiger partial charge in [0.2, 0.25) is 5.95 Å². The molecule has 0 amide bonds. The maximum absolute atomic E-state index is 13.4. The molecule has 1 aliphatic heterocycles. The van der Waals surface area contributed by atoms with Crippen molar-refractivity contribution in [2.24, 2.45) is 0 Å². The largest absolute Gasteiger partial charge is 0.423 e. The molecule has 1 aromatic carbocycles. The molecule has 1 aliphatic rings. The number of aromatic nitrogens is 3. The first-order valence-corrected chi connectivity index (χ1v) is 9.18. The number of anilines is 2. The summed E-state index contributed by atoms with van der Waals surface area (Å²) in [5.41, 5.74) is 1.67. The average molecular weight is 386 g/mol. The van der Waals surface area contributed by atoms with E-state index in [0.717, 1.165) is 25.2 Å². The molecule has 1 saturated heterocycles. The van der Waals surface area contributed by atoms with Gasteiger partial charge < -0.3 is 14.2 Å². The van der Waals surface area contributed by atoms with Gasteiger partial charge in [0.15, 0.2) is 5.58 Å². The Balaban J connectivity index is 1.45. The van der Waals surface area contributed by atoms with E-state index < -0.39 is 0 Å². The highest BCUT2D eigenvalue weighted by Crippen LogP contribution is 2.27. The van der Waals surface area contributed by atoms with Gasteiger partial charge in [-0.2, -0.15) is 4.98 Å². The lowest BCUT2D eigenvalue weighted by atomic mass is 10.2. The molecule has 148 valence electrons. The molecule has 28 heavy (non-hydrogen) atoms. The molecule has 0 bridgehead atoms. The smallest absolute Gasteiger partial charge is 0.298 e. The monoisotopic (exact) mass is 386 g/mol. The normalized spacial score (nSPS) is 17.0. The minimum Gasteiger partial charge on any atom is -0.423 e. The molecule has 1 atom stereocenters. The third-order valence-corrected chi connectivity index (χ3v) is 5.01. The molecule has 3 heterocycles. The van der Waals surface area contributed by atoms with E-state index in [4.69, 9.17) is 4.42 Å². The summed E-state index contributed by atoms with van der Waals surface area (Å²) in [7, 11) is 5.70. The average Bonchev–Trinajstić information content (AvgIpc) is 3.27. The fourth-order valence-corrected chi connectivity index (χ4v) is 3.47. The van der Waals surface area contributed by atoms with Crippen molar-refractivity contribution >= 4 is 23.1 Å². The zero-order chi connectivity index (χ0) is 19.8. The highest BCUT2D eigenvalue weighted by Gasteiger charge is 2.29. The molecular formula is C19H23FN6O2. The van der Waals surface area contributed by atoms with E-state index in [0.29, 0.717) is 29.6 Å². The molecular weight excluding hydrogens is 363 g/mol. The number of halogens is 1. The zero-order valence-corrected chi connectivity index (χ0v) is 16.1. The molecule has 0 aliphatic carbocycles. The predicted molar refractivity (Wildman–Crippen MR) is 105 cm³/mol. The van der Waals surface area contributed by atoms with Gasteiger partial charge in [-0.3, -0.25) is 14.7 Å². The number of H-pyrrole nitrogens is 1. The van der Waals surface area contributed by atoms with E-state index in [9.17, 15) is 9.18 Å². The number of fused-ring (bicyclic) bond motifs is 1. The Kier molecular flexibility index (Phi) is 4.76. The third kappa shape index (κ3) is 3.70. The van der Waals surface area contributed by atoms with E-state index in [-0.39, 0.29) is 17.4 Å². The van der Waals surface area contributed by atoms with Crippen LogP contribution < -0.4 is 15.4 Å². The summed E-state index contributed by atoms with van der Waals surface area (Å²) in [5, 5.41) is 0. The van der Waals surface area contributed by atoms with Crippen LogP contribution in [-0.2, 0) is 6.54 Å². The Morgan fingerprint density at radius 2 is 2.11 bits per heavy atom. The van der Waals surface area contributed by atoms with Gasteiger partial charge in [0.05, 0.1) is 5.69 Å². The van der Waals surface area contributed by atoms with Gasteiger partial charge in [-0.1, -0.05) is 0 Å². The fraction of sp³-hybridized carbons (Fsp3) is 0.421. The van der Waals surface area contributed by atoms with E-state index in [2.05, 4.69) is 24.8 Å². The number of nitrogens with zero attached hydrogens (tertiary/aromatic N) is 5. The second kappa shape index (κ2) is 7.23. The summed E-state index contributed by atoms with van der Waals surface area (Å²) >= 11 is 0. The number of hydrogen-bond acceptors (Lipinski definition) is 7. The standard InChI is InChI=1S/C19H23FN6O2/c1-24(2)18-21-13(9-17(27)23-18)10-25(3)14-6-7-26(11-14)19-22-15-8-12(20)4-5-16(15)28-19/h4-5,8-9,14H,6-7,10-11H2,1-3H3,(H,21,23,27)/t14-/m1/s1. The Morgan fingerprint density at radius 3 is 2.89 bits per heavy atom. The first-order chi connectivity index (χ1) is 13.4. The van der Waals surface area contributed by atoms with Gasteiger partial charge in [-0.05, 0) is 25.6 Å². The Labute approximate surface area is 161 Å². The van der Waals surface area contributed by atoms with E-state index in [1.807, 2.05) is 21.1 Å². The zero-order valence-electron chi connectivity index (χ0n) is 16.1. The molecule has 0 spiro atoms. The Morgan fingerprint density at radius 1 is 1.29 bits per heavy atom. The maximum atomic E-state index is 13.4. The summed E-state index contributed by atoms with van der Waals surface area (Å²) in [6.45, 7) is 2.12. The first kappa shape index (κ1) is 18.4. The molecule has 1 N–H and O–H groups in total. The Bertz CT molecular complexity index is 1050. The number of benzene rings is 1. The number of aromatic amines is 1. The van der Waals surface area contributed by atoms with Crippen molar-refractivity contribution < 1.29 is 8.81 Å². The van der Waals surface area contributed by atoms with Crippen LogP contribution in [0.5, 0.6) is 0 Å². The second-order valence-corrected chi connectivity index (χ2v) is 7.37. The van der Waals surface area contributed by atoms with Crippen LogP contribution in [0.1, 0.15) is 12.1 Å². The summed E-state index contributed by atoms with van der Waals surface area (Å²) < 4.78 is 19.1. The van der Waals surface area contributed by atoms with Crippen LogP contribution >= 0.6 is 0 Å². The van der Waals surface area contributed by atoms with Gasteiger partial charge in [0.1, 0.15) is 11.3 Å². The molecule has 9 heteroatoms. The lowest BCUT2D eigenvalue weighted by molar-refractivity contribution is 0.247. The molecule has 1 fully saturated rings. The van der Waals surface area contributed by atoms with Gasteiger partial charge >= 0.3 is 0 Å². The van der Waals surface area contributed by atoms with Crippen LogP contribution in [0.3, 0.4) is 0 Å². The van der Waals surface area contributed by atoms with Crippen LogP contribution in [0.15, 0.2) is 33.5 Å². The van der Waals surface area contributed by atoms with Crippen LogP contribution in [0.4, 0.5) is 16.4 Å². The van der Waals surface area contributed by atoms with Crippen molar-refractivity contribution in [1.82, 2.24) is 19.9 Å². The summed E-state index contributed by atoms with van der Waals surface area (Å²) in [5.74, 6) is 0.219. The van der Waals surface area contributed by atoms with Crippen LogP contribution in [0.25, 0.3) is 11.1 Å². The number of nitrogens with one attached hydrogen (secondary N) is 1. The highest BCUT2D eigenvalue weighted by atomic mass is 19.1. The van der Waals surface area contributed by atoms with E-state index in [1.165, 1.54) is 18.2 Å². The molecule has 0 radical (unpaired) electrons. The summed E-state index contributed by atoms with van der Waals surface area (Å²) in [6, 6.07) is 6.67. The SMILES string of the molecule is CN(C)c1nc(CN(C)[C@@H]2CCN(c3nc4cc(F)ccc4o3)C2)cc(=O)[nH]1. The highest BCUT2D eigenvalue weighted by molar-refractivity contribution is 5.74. The van der Waals surface area contributed by atoms with Crippen LogP contribution in [0.2, 0.25) is 0 Å². The lowest BCUT2D eigenvalue weighted by Gasteiger charge is -2.24. The minimum atomic E-state index is -0.325. The maximum Gasteiger partial charge on any atom is 0.298 e. The molecule has 8 nitrogen and oxygen atoms in total. The van der Waals surface area contributed by atoms with Gasteiger partial charge in [-0.15, -0.1) is 0 Å². The first-order valence-electron chi connectivity index (χ1n) is 9.18. The van der Waals surface area contributed by atoms with Gasteiger partial charge in [0, 0.05) is 51.9 Å². The van der Waals surface area contributed by atoms with Gasteiger partial charge in [-0.25, -0.2) is 9.37 Å². The second-order valence-electron chi connectivity index (χ2n) is 7.37. The number of rotatable bonds is 5. The molecule has 3 aromatic rings. The van der Waals surface area contributed by atoms with Crippen molar-refractivity contribution in [3.8, 4) is 0 Å². The quantitative estimate of drug-likeness (QED) is 0.716. The molecule has 0 unspecified atom stereocenters. The number of oxazole rings is 1. The predicted octanol–water partition coefficient (Wildman–Crippen LogP) is 1.83.